The molecule has 29 heavy (non-hydrogen) atoms. The molecule has 0 amide bonds. The largest absolute Gasteiger partial charge is 0.248 e. The van der Waals surface area contributed by atoms with Crippen LogP contribution in [0.1, 0.15) is 43.6 Å². The lowest BCUT2D eigenvalue weighted by molar-refractivity contribution is 0.270. The number of aromatic nitrogens is 1. The van der Waals surface area contributed by atoms with Gasteiger partial charge in [0.15, 0.2) is 0 Å². The topological polar surface area (TPSA) is 12.9 Å². The average Bonchev–Trinajstić information content (AvgIpc) is 2.80. The number of allylic oxidation sites excluding steroid dienone is 4. The number of halogens is 1. The van der Waals surface area contributed by atoms with Crippen LogP contribution in [-0.2, 0) is 0 Å². The minimum absolute atomic E-state index is 0.428. The predicted octanol–water partition coefficient (Wildman–Crippen LogP) is 7.96. The maximum Gasteiger partial charge on any atom is 0.0724 e. The molecule has 1 nitrogen and oxygen atoms in total. The lowest BCUT2D eigenvalue weighted by atomic mass is 9.70. The molecule has 2 aliphatic rings. The van der Waals surface area contributed by atoms with Crippen molar-refractivity contribution in [2.24, 2.45) is 11.8 Å². The highest BCUT2D eigenvalue weighted by atomic mass is 35.5. The summed E-state index contributed by atoms with van der Waals surface area (Å²) < 4.78 is 0. The van der Waals surface area contributed by atoms with E-state index in [2.05, 4.69) is 54.6 Å². The summed E-state index contributed by atoms with van der Waals surface area (Å²) in [6, 6.07) is 18.9. The predicted molar refractivity (Wildman–Crippen MR) is 123 cm³/mol. The second-order valence-corrected chi connectivity index (χ2v) is 8.81. The van der Waals surface area contributed by atoms with Gasteiger partial charge in [0, 0.05) is 16.9 Å². The van der Waals surface area contributed by atoms with Crippen LogP contribution in [0.25, 0.3) is 22.2 Å². The fourth-order valence-electron chi connectivity index (χ4n) is 5.09. The maximum absolute atomic E-state index is 6.74. The van der Waals surface area contributed by atoms with Crippen molar-refractivity contribution in [3.8, 4) is 11.3 Å². The number of benzene rings is 2. The van der Waals surface area contributed by atoms with E-state index in [1.807, 2.05) is 24.3 Å². The van der Waals surface area contributed by atoms with E-state index in [1.54, 1.807) is 0 Å². The van der Waals surface area contributed by atoms with Gasteiger partial charge in [-0.05, 0) is 48.4 Å². The van der Waals surface area contributed by atoms with Gasteiger partial charge in [-0.3, -0.25) is 0 Å². The molecular weight excluding hydrogens is 374 g/mol. The Kier molecular flexibility index (Phi) is 5.24. The van der Waals surface area contributed by atoms with Gasteiger partial charge < -0.3 is 0 Å². The first-order chi connectivity index (χ1) is 14.3. The number of nitrogens with zero attached hydrogens (tertiary/aromatic N) is 1. The Labute approximate surface area is 178 Å². The van der Waals surface area contributed by atoms with E-state index in [0.29, 0.717) is 11.8 Å². The minimum atomic E-state index is 0.428. The number of rotatable bonds is 3. The Hall–Kier alpha value is -2.38. The van der Waals surface area contributed by atoms with Gasteiger partial charge >= 0.3 is 0 Å². The molecule has 0 spiro atoms. The van der Waals surface area contributed by atoms with Crippen molar-refractivity contribution in [3.63, 3.8) is 0 Å². The molecule has 3 aromatic rings. The first-order valence-electron chi connectivity index (χ1n) is 10.8. The van der Waals surface area contributed by atoms with Gasteiger partial charge in [-0.15, -0.1) is 0 Å². The SMILES string of the molecule is Clc1cc(-c2ccccc2)nc2ccc(C3C=CC=CC3C3CCCCC3)cc12. The summed E-state index contributed by atoms with van der Waals surface area (Å²) in [6.45, 7) is 0. The van der Waals surface area contributed by atoms with Crippen LogP contribution >= 0.6 is 11.6 Å². The fraction of sp³-hybridized carbons (Fsp3) is 0.296. The highest BCUT2D eigenvalue weighted by Crippen LogP contribution is 2.42. The number of fused-ring (bicyclic) bond motifs is 1. The van der Waals surface area contributed by atoms with Crippen LogP contribution in [0.3, 0.4) is 0 Å². The third-order valence-electron chi connectivity index (χ3n) is 6.61. The molecule has 0 saturated heterocycles. The van der Waals surface area contributed by atoms with E-state index >= 15 is 0 Å². The third-order valence-corrected chi connectivity index (χ3v) is 6.92. The zero-order chi connectivity index (χ0) is 19.6. The molecule has 1 saturated carbocycles. The summed E-state index contributed by atoms with van der Waals surface area (Å²) in [6.07, 6.45) is 16.1. The molecule has 2 atom stereocenters. The Morgan fingerprint density at radius 1 is 0.828 bits per heavy atom. The second kappa shape index (κ2) is 8.16. The van der Waals surface area contributed by atoms with Crippen molar-refractivity contribution in [2.45, 2.75) is 38.0 Å². The molecule has 2 aliphatic carbocycles. The molecule has 1 heterocycles. The van der Waals surface area contributed by atoms with Crippen molar-refractivity contribution in [2.75, 3.05) is 0 Å². The van der Waals surface area contributed by atoms with Gasteiger partial charge in [0.05, 0.1) is 16.2 Å². The number of hydrogen-bond acceptors (Lipinski definition) is 1. The Morgan fingerprint density at radius 3 is 2.45 bits per heavy atom. The van der Waals surface area contributed by atoms with E-state index in [1.165, 1.54) is 37.7 Å². The molecule has 1 aromatic heterocycles. The van der Waals surface area contributed by atoms with Gasteiger partial charge in [-0.1, -0.05) is 91.6 Å². The molecule has 0 N–H and O–H groups in total. The average molecular weight is 400 g/mol. The Balaban J connectivity index is 1.51. The fourth-order valence-corrected chi connectivity index (χ4v) is 5.35. The van der Waals surface area contributed by atoms with E-state index in [4.69, 9.17) is 16.6 Å². The van der Waals surface area contributed by atoms with Crippen molar-refractivity contribution in [1.29, 1.82) is 0 Å². The van der Waals surface area contributed by atoms with Crippen molar-refractivity contribution < 1.29 is 0 Å². The van der Waals surface area contributed by atoms with Gasteiger partial charge in [0.2, 0.25) is 0 Å². The van der Waals surface area contributed by atoms with Crippen molar-refractivity contribution in [1.82, 2.24) is 4.98 Å². The quantitative estimate of drug-likeness (QED) is 0.435. The van der Waals surface area contributed by atoms with Crippen LogP contribution in [0, 0.1) is 11.8 Å². The molecule has 2 unspecified atom stereocenters. The van der Waals surface area contributed by atoms with Gasteiger partial charge in [0.25, 0.3) is 0 Å². The summed E-state index contributed by atoms with van der Waals surface area (Å²) in [7, 11) is 0. The smallest absolute Gasteiger partial charge is 0.0724 e. The van der Waals surface area contributed by atoms with Gasteiger partial charge in [-0.2, -0.15) is 0 Å². The molecule has 2 aromatic carbocycles. The van der Waals surface area contributed by atoms with Crippen molar-refractivity contribution >= 4 is 22.5 Å². The molecule has 0 aliphatic heterocycles. The molecule has 2 heteroatoms. The van der Waals surface area contributed by atoms with E-state index < -0.39 is 0 Å². The third kappa shape index (κ3) is 3.76. The normalized spacial score (nSPS) is 22.2. The maximum atomic E-state index is 6.74. The van der Waals surface area contributed by atoms with E-state index in [9.17, 15) is 0 Å². The monoisotopic (exact) mass is 399 g/mol. The summed E-state index contributed by atoms with van der Waals surface area (Å²) in [4.78, 5) is 4.88. The highest BCUT2D eigenvalue weighted by Gasteiger charge is 2.29. The van der Waals surface area contributed by atoms with Crippen molar-refractivity contribution in [3.05, 3.63) is 89.5 Å². The highest BCUT2D eigenvalue weighted by molar-refractivity contribution is 6.35. The lowest BCUT2D eigenvalue weighted by Gasteiger charge is -2.34. The van der Waals surface area contributed by atoms with Gasteiger partial charge in [-0.25, -0.2) is 4.98 Å². The van der Waals surface area contributed by atoms with Crippen LogP contribution in [0.15, 0.2) is 78.9 Å². The number of hydrogen-bond donors (Lipinski definition) is 0. The standard InChI is InChI=1S/C27H26ClN/c28-25-18-27(20-11-5-2-6-12-20)29-26-16-15-21(17-24(25)26)23-14-8-7-13-22(23)19-9-3-1-4-10-19/h2,5-8,11-19,22-23H,1,3-4,9-10H2. The van der Waals surface area contributed by atoms with Crippen LogP contribution < -0.4 is 0 Å². The van der Waals surface area contributed by atoms with Gasteiger partial charge in [0.1, 0.15) is 0 Å². The zero-order valence-corrected chi connectivity index (χ0v) is 17.4. The van der Waals surface area contributed by atoms with Crippen LogP contribution in [-0.4, -0.2) is 4.98 Å². The first-order valence-corrected chi connectivity index (χ1v) is 11.2. The Bertz CT molecular complexity index is 1060. The lowest BCUT2D eigenvalue weighted by Crippen LogP contribution is -2.23. The first kappa shape index (κ1) is 18.6. The second-order valence-electron chi connectivity index (χ2n) is 8.40. The Morgan fingerprint density at radius 2 is 1.62 bits per heavy atom. The summed E-state index contributed by atoms with van der Waals surface area (Å²) in [5.74, 6) is 1.81. The molecule has 1 fully saturated rings. The molecule has 5 rings (SSSR count). The van der Waals surface area contributed by atoms with Crippen LogP contribution in [0.4, 0.5) is 0 Å². The van der Waals surface area contributed by atoms with Crippen LogP contribution in [0.2, 0.25) is 5.02 Å². The molecular formula is C27H26ClN. The van der Waals surface area contributed by atoms with Crippen LogP contribution in [0.5, 0.6) is 0 Å². The minimum Gasteiger partial charge on any atom is -0.248 e. The van der Waals surface area contributed by atoms with E-state index in [0.717, 1.165) is 33.1 Å². The summed E-state index contributed by atoms with van der Waals surface area (Å²) in [5, 5.41) is 1.83. The zero-order valence-electron chi connectivity index (χ0n) is 16.6. The molecule has 146 valence electrons. The molecule has 0 bridgehead atoms. The summed E-state index contributed by atoms with van der Waals surface area (Å²) in [5.41, 5.74) is 4.34. The number of pyridine rings is 1. The summed E-state index contributed by atoms with van der Waals surface area (Å²) >= 11 is 6.74. The molecule has 0 radical (unpaired) electrons. The van der Waals surface area contributed by atoms with E-state index in [-0.39, 0.29) is 0 Å².